The van der Waals surface area contributed by atoms with E-state index in [1.54, 1.807) is 0 Å². The Labute approximate surface area is 112 Å². The van der Waals surface area contributed by atoms with E-state index in [1.165, 1.54) is 58.2 Å². The summed E-state index contributed by atoms with van der Waals surface area (Å²) >= 11 is 0. The van der Waals surface area contributed by atoms with E-state index in [9.17, 15) is 5.11 Å². The van der Waals surface area contributed by atoms with Crippen molar-refractivity contribution in [2.24, 2.45) is 17.6 Å². The average Bonchev–Trinajstić information content (AvgIpc) is 2.61. The molecule has 0 aromatic heterocycles. The number of hydrogen-bond acceptors (Lipinski definition) is 3. The zero-order chi connectivity index (χ0) is 13.0. The predicted molar refractivity (Wildman–Crippen MR) is 75.4 cm³/mol. The second-order valence-electron chi connectivity index (χ2n) is 6.65. The summed E-state index contributed by atoms with van der Waals surface area (Å²) in [5.74, 6) is 1.43. The molecule has 3 atom stereocenters. The van der Waals surface area contributed by atoms with Crippen LogP contribution in [0.25, 0.3) is 0 Å². The van der Waals surface area contributed by atoms with Crippen molar-refractivity contribution in [1.82, 2.24) is 4.90 Å². The van der Waals surface area contributed by atoms with Crippen LogP contribution in [0.2, 0.25) is 0 Å². The highest BCUT2D eigenvalue weighted by atomic mass is 16.3. The Morgan fingerprint density at radius 3 is 2.83 bits per heavy atom. The SMILES string of the molecule is CC1CCCN(CCC2CCCC2(N)CO)CC1. The zero-order valence-electron chi connectivity index (χ0n) is 11.9. The molecule has 3 unspecified atom stereocenters. The Bertz CT molecular complexity index is 259. The second-order valence-corrected chi connectivity index (χ2v) is 6.65. The summed E-state index contributed by atoms with van der Waals surface area (Å²) in [6.45, 7) is 6.22. The van der Waals surface area contributed by atoms with Gasteiger partial charge in [-0.25, -0.2) is 0 Å². The van der Waals surface area contributed by atoms with E-state index in [0.717, 1.165) is 12.3 Å². The van der Waals surface area contributed by atoms with Crippen LogP contribution in [-0.4, -0.2) is 41.8 Å². The molecule has 1 heterocycles. The van der Waals surface area contributed by atoms with Crippen molar-refractivity contribution in [3.05, 3.63) is 0 Å². The second kappa shape index (κ2) is 6.36. The topological polar surface area (TPSA) is 49.5 Å². The van der Waals surface area contributed by atoms with Crippen molar-refractivity contribution in [2.75, 3.05) is 26.2 Å². The van der Waals surface area contributed by atoms with Gasteiger partial charge in [0.15, 0.2) is 0 Å². The summed E-state index contributed by atoms with van der Waals surface area (Å²) in [6.07, 6.45) is 8.66. The van der Waals surface area contributed by atoms with Crippen LogP contribution >= 0.6 is 0 Å². The molecule has 0 amide bonds. The Balaban J connectivity index is 1.77. The molecule has 1 saturated carbocycles. The largest absolute Gasteiger partial charge is 0.394 e. The number of rotatable bonds is 4. The summed E-state index contributed by atoms with van der Waals surface area (Å²) in [4.78, 5) is 2.61. The molecule has 0 spiro atoms. The Morgan fingerprint density at radius 1 is 1.22 bits per heavy atom. The molecule has 106 valence electrons. The van der Waals surface area contributed by atoms with Crippen LogP contribution in [0.5, 0.6) is 0 Å². The standard InChI is InChI=1S/C15H30N2O/c1-13-4-3-9-17(10-6-13)11-7-14-5-2-8-15(14,16)12-18/h13-14,18H,2-12,16H2,1H3. The predicted octanol–water partition coefficient (Wildman–Crippen LogP) is 1.99. The van der Waals surface area contributed by atoms with E-state index in [2.05, 4.69) is 11.8 Å². The van der Waals surface area contributed by atoms with Gasteiger partial charge in [-0.15, -0.1) is 0 Å². The van der Waals surface area contributed by atoms with Crippen molar-refractivity contribution in [1.29, 1.82) is 0 Å². The monoisotopic (exact) mass is 254 g/mol. The molecule has 0 bridgehead atoms. The van der Waals surface area contributed by atoms with Gasteiger partial charge in [-0.05, 0) is 70.0 Å². The minimum atomic E-state index is -0.279. The van der Waals surface area contributed by atoms with Gasteiger partial charge in [0.1, 0.15) is 0 Å². The number of likely N-dealkylation sites (tertiary alicyclic amines) is 1. The molecular formula is C15H30N2O. The van der Waals surface area contributed by atoms with Crippen LogP contribution in [0.15, 0.2) is 0 Å². The molecule has 3 nitrogen and oxygen atoms in total. The maximum Gasteiger partial charge on any atom is 0.0613 e. The van der Waals surface area contributed by atoms with Crippen LogP contribution < -0.4 is 5.73 Å². The van der Waals surface area contributed by atoms with Gasteiger partial charge in [0, 0.05) is 5.54 Å². The van der Waals surface area contributed by atoms with Gasteiger partial charge < -0.3 is 15.7 Å². The molecule has 3 N–H and O–H groups in total. The van der Waals surface area contributed by atoms with Crippen LogP contribution in [0.1, 0.15) is 51.9 Å². The fraction of sp³-hybridized carbons (Fsp3) is 1.00. The summed E-state index contributed by atoms with van der Waals surface area (Å²) in [5.41, 5.74) is 6.02. The van der Waals surface area contributed by atoms with Crippen LogP contribution in [0, 0.1) is 11.8 Å². The Hall–Kier alpha value is -0.120. The smallest absolute Gasteiger partial charge is 0.0613 e. The molecule has 2 rings (SSSR count). The summed E-state index contributed by atoms with van der Waals surface area (Å²) < 4.78 is 0. The molecule has 2 aliphatic rings. The third-order valence-corrected chi connectivity index (χ3v) is 5.21. The maximum absolute atomic E-state index is 9.47. The molecule has 2 fully saturated rings. The van der Waals surface area contributed by atoms with Crippen molar-refractivity contribution >= 4 is 0 Å². The van der Waals surface area contributed by atoms with E-state index in [4.69, 9.17) is 5.73 Å². The lowest BCUT2D eigenvalue weighted by Gasteiger charge is -2.31. The highest BCUT2D eigenvalue weighted by molar-refractivity contribution is 4.96. The van der Waals surface area contributed by atoms with Crippen molar-refractivity contribution in [2.45, 2.75) is 57.4 Å². The van der Waals surface area contributed by atoms with Crippen molar-refractivity contribution in [3.63, 3.8) is 0 Å². The first-order valence-electron chi connectivity index (χ1n) is 7.76. The van der Waals surface area contributed by atoms with E-state index in [0.29, 0.717) is 5.92 Å². The normalized spacial score (nSPS) is 38.8. The average molecular weight is 254 g/mol. The third-order valence-electron chi connectivity index (χ3n) is 5.21. The van der Waals surface area contributed by atoms with E-state index in [-0.39, 0.29) is 12.1 Å². The van der Waals surface area contributed by atoms with Crippen LogP contribution in [-0.2, 0) is 0 Å². The molecule has 1 aliphatic heterocycles. The molecule has 0 aromatic carbocycles. The van der Waals surface area contributed by atoms with E-state index < -0.39 is 0 Å². The zero-order valence-corrected chi connectivity index (χ0v) is 11.9. The summed E-state index contributed by atoms with van der Waals surface area (Å²) in [7, 11) is 0. The molecule has 0 aromatic rings. The third kappa shape index (κ3) is 3.46. The van der Waals surface area contributed by atoms with Gasteiger partial charge in [-0.2, -0.15) is 0 Å². The van der Waals surface area contributed by atoms with Crippen LogP contribution in [0.3, 0.4) is 0 Å². The van der Waals surface area contributed by atoms with Crippen molar-refractivity contribution in [3.8, 4) is 0 Å². The molecule has 0 radical (unpaired) electrons. The van der Waals surface area contributed by atoms with Gasteiger partial charge in [0.25, 0.3) is 0 Å². The van der Waals surface area contributed by atoms with Gasteiger partial charge in [-0.3, -0.25) is 0 Å². The molecule has 3 heteroatoms. The Morgan fingerprint density at radius 2 is 2.06 bits per heavy atom. The van der Waals surface area contributed by atoms with Crippen molar-refractivity contribution < 1.29 is 5.11 Å². The quantitative estimate of drug-likeness (QED) is 0.806. The van der Waals surface area contributed by atoms with Gasteiger partial charge in [0.05, 0.1) is 6.61 Å². The lowest BCUT2D eigenvalue weighted by molar-refractivity contribution is 0.144. The highest BCUT2D eigenvalue weighted by Gasteiger charge is 2.38. The minimum Gasteiger partial charge on any atom is -0.394 e. The highest BCUT2D eigenvalue weighted by Crippen LogP contribution is 2.35. The lowest BCUT2D eigenvalue weighted by Crippen LogP contribution is -2.47. The number of hydrogen-bond donors (Lipinski definition) is 2. The van der Waals surface area contributed by atoms with Gasteiger partial charge in [-0.1, -0.05) is 13.3 Å². The van der Waals surface area contributed by atoms with E-state index in [1.807, 2.05) is 0 Å². The number of aliphatic hydroxyl groups is 1. The first-order chi connectivity index (χ1) is 8.64. The first-order valence-corrected chi connectivity index (χ1v) is 7.76. The van der Waals surface area contributed by atoms with Gasteiger partial charge in [0.2, 0.25) is 0 Å². The molecule has 1 saturated heterocycles. The summed E-state index contributed by atoms with van der Waals surface area (Å²) in [6, 6.07) is 0. The number of nitrogens with zero attached hydrogens (tertiary/aromatic N) is 1. The Kier molecular flexibility index (Phi) is 5.05. The maximum atomic E-state index is 9.47. The molecular weight excluding hydrogens is 224 g/mol. The fourth-order valence-electron chi connectivity index (χ4n) is 3.69. The van der Waals surface area contributed by atoms with E-state index >= 15 is 0 Å². The molecule has 1 aliphatic carbocycles. The minimum absolute atomic E-state index is 0.161. The molecule has 18 heavy (non-hydrogen) atoms. The number of nitrogens with two attached hydrogens (primary N) is 1. The number of aliphatic hydroxyl groups excluding tert-OH is 1. The first kappa shape index (κ1) is 14.3. The lowest BCUT2D eigenvalue weighted by atomic mass is 9.86. The summed E-state index contributed by atoms with van der Waals surface area (Å²) in [5, 5.41) is 9.47. The van der Waals surface area contributed by atoms with Crippen LogP contribution in [0.4, 0.5) is 0 Å². The van der Waals surface area contributed by atoms with Gasteiger partial charge >= 0.3 is 0 Å². The fourth-order valence-corrected chi connectivity index (χ4v) is 3.69.